The van der Waals surface area contributed by atoms with Crippen LogP contribution in [0.5, 0.6) is 0 Å². The minimum absolute atomic E-state index is 0.122. The van der Waals surface area contributed by atoms with Crippen LogP contribution in [-0.4, -0.2) is 24.2 Å². The van der Waals surface area contributed by atoms with E-state index in [-0.39, 0.29) is 12.5 Å². The Labute approximate surface area is 101 Å². The first-order valence-corrected chi connectivity index (χ1v) is 5.85. The number of aliphatic hydroxyl groups is 1. The van der Waals surface area contributed by atoms with Gasteiger partial charge in [0.25, 0.3) is 0 Å². The predicted molar refractivity (Wildman–Crippen MR) is 66.4 cm³/mol. The number of nitrogens with one attached hydrogen (secondary N) is 1. The highest BCUT2D eigenvalue weighted by Gasteiger charge is 1.97. The Morgan fingerprint density at radius 2 is 2.24 bits per heavy atom. The first-order chi connectivity index (χ1) is 8.22. The molecule has 1 aromatic rings. The second-order valence-corrected chi connectivity index (χ2v) is 3.86. The topological polar surface area (TPSA) is 62.5 Å². The highest BCUT2D eigenvalue weighted by atomic mass is 16.3. The van der Waals surface area contributed by atoms with Crippen molar-refractivity contribution >= 4 is 12.0 Å². The van der Waals surface area contributed by atoms with E-state index >= 15 is 0 Å². The van der Waals surface area contributed by atoms with Gasteiger partial charge in [-0.3, -0.25) is 4.79 Å². The van der Waals surface area contributed by atoms with Crippen molar-refractivity contribution < 1.29 is 14.3 Å². The molecule has 4 heteroatoms. The lowest BCUT2D eigenvalue weighted by Gasteiger charge is -2.00. The number of furan rings is 1. The first-order valence-electron chi connectivity index (χ1n) is 5.85. The number of aryl methyl sites for hydroxylation is 1. The van der Waals surface area contributed by atoms with Gasteiger partial charge in [-0.15, -0.1) is 0 Å². The summed E-state index contributed by atoms with van der Waals surface area (Å²) in [5.74, 6) is 1.38. The van der Waals surface area contributed by atoms with Crippen LogP contribution in [0.2, 0.25) is 0 Å². The van der Waals surface area contributed by atoms with Crippen molar-refractivity contribution in [1.82, 2.24) is 5.32 Å². The van der Waals surface area contributed by atoms with Crippen molar-refractivity contribution in [2.45, 2.75) is 26.2 Å². The van der Waals surface area contributed by atoms with E-state index in [0.717, 1.165) is 25.0 Å². The van der Waals surface area contributed by atoms with Crippen LogP contribution in [0.15, 0.2) is 22.6 Å². The molecular formula is C13H19NO3. The molecule has 0 unspecified atom stereocenters. The Hall–Kier alpha value is -1.55. The van der Waals surface area contributed by atoms with Gasteiger partial charge >= 0.3 is 0 Å². The Kier molecular flexibility index (Phi) is 6.10. The maximum atomic E-state index is 11.4. The summed E-state index contributed by atoms with van der Waals surface area (Å²) < 4.78 is 5.30. The maximum Gasteiger partial charge on any atom is 0.244 e. The van der Waals surface area contributed by atoms with Gasteiger partial charge in [0.15, 0.2) is 0 Å². The van der Waals surface area contributed by atoms with Gasteiger partial charge in [-0.25, -0.2) is 0 Å². The summed E-state index contributed by atoms with van der Waals surface area (Å²) in [6.45, 7) is 2.71. The van der Waals surface area contributed by atoms with E-state index in [1.807, 2.05) is 19.1 Å². The fourth-order valence-electron chi connectivity index (χ4n) is 1.38. The Bertz CT molecular complexity index is 368. The number of rotatable bonds is 7. The summed E-state index contributed by atoms with van der Waals surface area (Å²) in [4.78, 5) is 11.4. The van der Waals surface area contributed by atoms with Crippen molar-refractivity contribution in [2.75, 3.05) is 13.2 Å². The average Bonchev–Trinajstić information content (AvgIpc) is 2.72. The molecule has 0 radical (unpaired) electrons. The van der Waals surface area contributed by atoms with Gasteiger partial charge in [-0.05, 0) is 44.4 Å². The molecule has 1 amide bonds. The molecule has 17 heavy (non-hydrogen) atoms. The normalized spacial score (nSPS) is 10.9. The minimum Gasteiger partial charge on any atom is -0.462 e. The van der Waals surface area contributed by atoms with E-state index in [1.165, 1.54) is 6.08 Å². The molecule has 4 nitrogen and oxygen atoms in total. The molecule has 0 saturated heterocycles. The lowest BCUT2D eigenvalue weighted by Crippen LogP contribution is -2.21. The lowest BCUT2D eigenvalue weighted by molar-refractivity contribution is -0.116. The van der Waals surface area contributed by atoms with Gasteiger partial charge in [-0.1, -0.05) is 0 Å². The van der Waals surface area contributed by atoms with E-state index < -0.39 is 0 Å². The second kappa shape index (κ2) is 7.68. The Balaban J connectivity index is 2.18. The number of unbranched alkanes of at least 4 members (excludes halogenated alkanes) is 2. The van der Waals surface area contributed by atoms with Crippen LogP contribution in [0, 0.1) is 6.92 Å². The minimum atomic E-state index is -0.122. The van der Waals surface area contributed by atoms with E-state index in [0.29, 0.717) is 12.3 Å². The van der Waals surface area contributed by atoms with Gasteiger partial charge in [0.2, 0.25) is 5.91 Å². The van der Waals surface area contributed by atoms with E-state index in [2.05, 4.69) is 5.32 Å². The molecule has 0 spiro atoms. The quantitative estimate of drug-likeness (QED) is 0.562. The first kappa shape index (κ1) is 13.5. The van der Waals surface area contributed by atoms with Crippen LogP contribution in [0.3, 0.4) is 0 Å². The third kappa shape index (κ3) is 5.92. The lowest BCUT2D eigenvalue weighted by atomic mass is 10.2. The number of carbonyl (C=O) groups excluding carboxylic acids is 1. The second-order valence-electron chi connectivity index (χ2n) is 3.86. The molecular weight excluding hydrogens is 218 g/mol. The van der Waals surface area contributed by atoms with E-state index in [9.17, 15) is 4.79 Å². The molecule has 0 fully saturated rings. The number of hydrogen-bond donors (Lipinski definition) is 2. The third-order valence-electron chi connectivity index (χ3n) is 2.29. The van der Waals surface area contributed by atoms with Gasteiger partial charge in [0.1, 0.15) is 11.5 Å². The Morgan fingerprint density at radius 1 is 1.41 bits per heavy atom. The molecule has 2 N–H and O–H groups in total. The molecule has 94 valence electrons. The summed E-state index contributed by atoms with van der Waals surface area (Å²) in [5.41, 5.74) is 0. The monoisotopic (exact) mass is 237 g/mol. The van der Waals surface area contributed by atoms with Crippen LogP contribution < -0.4 is 5.32 Å². The zero-order chi connectivity index (χ0) is 12.5. The van der Waals surface area contributed by atoms with Gasteiger partial charge in [0.05, 0.1) is 0 Å². The predicted octanol–water partition coefficient (Wildman–Crippen LogP) is 1.88. The van der Waals surface area contributed by atoms with E-state index in [1.54, 1.807) is 6.08 Å². The van der Waals surface area contributed by atoms with Crippen LogP contribution in [-0.2, 0) is 4.79 Å². The maximum absolute atomic E-state index is 11.4. The van der Waals surface area contributed by atoms with Crippen molar-refractivity contribution in [3.05, 3.63) is 29.7 Å². The standard InChI is InChI=1S/C13H19NO3/c1-11-5-6-12(17-11)7-8-13(16)14-9-3-2-4-10-15/h5-8,15H,2-4,9-10H2,1H3,(H,14,16)/b8-7+. The molecule has 0 atom stereocenters. The summed E-state index contributed by atoms with van der Waals surface area (Å²) in [7, 11) is 0. The molecule has 0 aliphatic rings. The van der Waals surface area contributed by atoms with Crippen molar-refractivity contribution in [2.24, 2.45) is 0 Å². The summed E-state index contributed by atoms with van der Waals surface area (Å²) in [6, 6.07) is 3.67. The van der Waals surface area contributed by atoms with E-state index in [4.69, 9.17) is 9.52 Å². The zero-order valence-corrected chi connectivity index (χ0v) is 10.1. The summed E-state index contributed by atoms with van der Waals surface area (Å²) in [5, 5.41) is 11.3. The zero-order valence-electron chi connectivity index (χ0n) is 10.1. The molecule has 1 heterocycles. The third-order valence-corrected chi connectivity index (χ3v) is 2.29. The van der Waals surface area contributed by atoms with Crippen LogP contribution in [0.1, 0.15) is 30.8 Å². The smallest absolute Gasteiger partial charge is 0.244 e. The van der Waals surface area contributed by atoms with Gasteiger partial charge in [0, 0.05) is 19.2 Å². The SMILES string of the molecule is Cc1ccc(/C=C/C(=O)NCCCCCO)o1. The van der Waals surface area contributed by atoms with Crippen LogP contribution in [0.25, 0.3) is 6.08 Å². The van der Waals surface area contributed by atoms with Gasteiger partial charge < -0.3 is 14.8 Å². The fourth-order valence-corrected chi connectivity index (χ4v) is 1.38. The number of amides is 1. The van der Waals surface area contributed by atoms with Crippen LogP contribution >= 0.6 is 0 Å². The molecule has 0 aliphatic carbocycles. The fraction of sp³-hybridized carbons (Fsp3) is 0.462. The molecule has 1 aromatic heterocycles. The van der Waals surface area contributed by atoms with Crippen molar-refractivity contribution in [3.8, 4) is 0 Å². The number of hydrogen-bond acceptors (Lipinski definition) is 3. The van der Waals surface area contributed by atoms with Gasteiger partial charge in [-0.2, -0.15) is 0 Å². The Morgan fingerprint density at radius 3 is 2.88 bits per heavy atom. The van der Waals surface area contributed by atoms with Crippen molar-refractivity contribution in [1.29, 1.82) is 0 Å². The molecule has 1 rings (SSSR count). The highest BCUT2D eigenvalue weighted by Crippen LogP contribution is 2.07. The average molecular weight is 237 g/mol. The molecule has 0 aromatic carbocycles. The number of carbonyl (C=O) groups is 1. The molecule has 0 aliphatic heterocycles. The highest BCUT2D eigenvalue weighted by molar-refractivity contribution is 5.91. The molecule has 0 saturated carbocycles. The van der Waals surface area contributed by atoms with Crippen LogP contribution in [0.4, 0.5) is 0 Å². The van der Waals surface area contributed by atoms with Crippen molar-refractivity contribution in [3.63, 3.8) is 0 Å². The summed E-state index contributed by atoms with van der Waals surface area (Å²) in [6.07, 6.45) is 5.72. The molecule has 0 bridgehead atoms. The number of aliphatic hydroxyl groups excluding tert-OH is 1. The summed E-state index contributed by atoms with van der Waals surface area (Å²) >= 11 is 0. The largest absolute Gasteiger partial charge is 0.462 e.